The van der Waals surface area contributed by atoms with E-state index in [-0.39, 0.29) is 59.1 Å². The fourth-order valence-electron chi connectivity index (χ4n) is 2.44. The van der Waals surface area contributed by atoms with Gasteiger partial charge in [0.25, 0.3) is 10.1 Å². The molecule has 0 bridgehead atoms. The molecule has 0 heterocycles. The van der Waals surface area contributed by atoms with Crippen LogP contribution in [0.4, 0.5) is 0 Å². The Morgan fingerprint density at radius 3 is 1.96 bits per heavy atom. The second-order valence-corrected chi connectivity index (χ2v) is 7.58. The molecule has 0 aromatic heterocycles. The van der Waals surface area contributed by atoms with Crippen LogP contribution in [-0.4, -0.2) is 36.3 Å². The summed E-state index contributed by atoms with van der Waals surface area (Å²) in [6, 6.07) is 0. The summed E-state index contributed by atoms with van der Waals surface area (Å²) < 4.78 is 36.5. The molecule has 2 atom stereocenters. The predicted octanol–water partition coefficient (Wildman–Crippen LogP) is -4.15. The van der Waals surface area contributed by atoms with Crippen molar-refractivity contribution in [3.05, 3.63) is 0 Å². The Morgan fingerprint density at radius 1 is 0.962 bits per heavy atom. The zero-order valence-electron chi connectivity index (χ0n) is 16.5. The summed E-state index contributed by atoms with van der Waals surface area (Å²) in [6.07, 6.45) is 6.75. The molecule has 0 aliphatic carbocycles. The zero-order valence-corrected chi connectivity index (χ0v) is 21.3. The van der Waals surface area contributed by atoms with Crippen molar-refractivity contribution in [2.24, 2.45) is 0 Å². The minimum atomic E-state index is -4.85. The largest absolute Gasteiger partial charge is 1.00 e. The van der Waals surface area contributed by atoms with Gasteiger partial charge in [-0.25, -0.2) is 0 Å². The van der Waals surface area contributed by atoms with Crippen molar-refractivity contribution in [3.8, 4) is 0 Å². The fourth-order valence-corrected chi connectivity index (χ4v) is 3.08. The number of carboxylic acid groups (broad SMARTS) is 1. The molecule has 0 fully saturated rings. The van der Waals surface area contributed by atoms with Crippen LogP contribution in [0, 0.1) is 0 Å². The third-order valence-electron chi connectivity index (χ3n) is 3.75. The summed E-state index contributed by atoms with van der Waals surface area (Å²) in [6.45, 7) is 4.04. The fraction of sp³-hybridized carbons (Fsp3) is 0.875. The van der Waals surface area contributed by atoms with Gasteiger partial charge in [-0.2, -0.15) is 8.42 Å². The van der Waals surface area contributed by atoms with Gasteiger partial charge in [-0.1, -0.05) is 52.4 Å². The normalized spacial score (nSPS) is 13.0. The molecular formula is C16H29Na2O7S+. The molecule has 0 aliphatic heterocycles. The van der Waals surface area contributed by atoms with Crippen LogP contribution in [0.25, 0.3) is 0 Å². The molecule has 7 nitrogen and oxygen atoms in total. The molecule has 0 saturated carbocycles. The molecule has 0 saturated heterocycles. The molecule has 26 heavy (non-hydrogen) atoms. The maximum absolute atomic E-state index is 11.9. The number of carbonyl (C=O) groups excluding carboxylic acids is 2. The predicted molar refractivity (Wildman–Crippen MR) is 87.7 cm³/mol. The van der Waals surface area contributed by atoms with E-state index in [1.54, 1.807) is 0 Å². The van der Waals surface area contributed by atoms with Crippen LogP contribution in [0.3, 0.4) is 0 Å². The van der Waals surface area contributed by atoms with E-state index in [4.69, 9.17) is 9.29 Å². The number of hydrogen-bond acceptors (Lipinski definition) is 6. The van der Waals surface area contributed by atoms with Gasteiger partial charge in [-0.3, -0.25) is 9.35 Å². The first-order valence-electron chi connectivity index (χ1n) is 8.58. The van der Waals surface area contributed by atoms with Gasteiger partial charge < -0.3 is 14.6 Å². The molecule has 0 aliphatic rings. The van der Waals surface area contributed by atoms with Crippen LogP contribution in [0.2, 0.25) is 0 Å². The molecule has 0 spiro atoms. The van der Waals surface area contributed by atoms with Crippen molar-refractivity contribution in [3.63, 3.8) is 0 Å². The number of carboxylic acids is 1. The molecule has 0 radical (unpaired) electrons. The van der Waals surface area contributed by atoms with Crippen molar-refractivity contribution in [1.82, 2.24) is 0 Å². The van der Waals surface area contributed by atoms with Crippen LogP contribution in [-0.2, 0) is 24.4 Å². The molecule has 2 unspecified atom stereocenters. The Morgan fingerprint density at radius 2 is 1.50 bits per heavy atom. The Bertz CT molecular complexity index is 483. The molecule has 1 N–H and O–H groups in total. The van der Waals surface area contributed by atoms with Crippen LogP contribution >= 0.6 is 0 Å². The number of rotatable bonds is 14. The smallest absolute Gasteiger partial charge is 0.550 e. The quantitative estimate of drug-likeness (QED) is 0.133. The Hall–Kier alpha value is 0.850. The minimum Gasteiger partial charge on any atom is -0.550 e. The Balaban J connectivity index is -0.00000264. The summed E-state index contributed by atoms with van der Waals surface area (Å²) in [5, 5.41) is 8.44. The number of esters is 1. The second kappa shape index (κ2) is 17.9. The van der Waals surface area contributed by atoms with Crippen LogP contribution < -0.4 is 64.2 Å². The third kappa shape index (κ3) is 15.9. The molecule has 0 aromatic rings. The number of ether oxygens (including phenoxy) is 1. The van der Waals surface area contributed by atoms with Gasteiger partial charge in [0.2, 0.25) is 0 Å². The average Bonchev–Trinajstić information content (AvgIpc) is 2.47. The topological polar surface area (TPSA) is 121 Å². The van der Waals surface area contributed by atoms with E-state index in [0.29, 0.717) is 12.8 Å². The minimum absolute atomic E-state index is 0. The van der Waals surface area contributed by atoms with Crippen molar-refractivity contribution in [2.75, 3.05) is 0 Å². The van der Waals surface area contributed by atoms with E-state index in [2.05, 4.69) is 6.92 Å². The number of unbranched alkanes of at least 4 members (excludes halogenated alkanes) is 5. The van der Waals surface area contributed by atoms with Gasteiger partial charge in [-0.05, 0) is 19.3 Å². The van der Waals surface area contributed by atoms with E-state index in [9.17, 15) is 23.1 Å². The monoisotopic (exact) mass is 411 g/mol. The SMILES string of the molecule is CCCCCCCCC(CCC)OC(=O)C(CC(=O)[O-])S(=O)(=O)O.[Na+].[Na+]. The summed E-state index contributed by atoms with van der Waals surface area (Å²) in [5.41, 5.74) is 0. The molecule has 0 amide bonds. The molecule has 0 rings (SSSR count). The van der Waals surface area contributed by atoms with E-state index in [1.807, 2.05) is 6.92 Å². The summed E-state index contributed by atoms with van der Waals surface area (Å²) in [4.78, 5) is 22.5. The van der Waals surface area contributed by atoms with E-state index >= 15 is 0 Å². The number of hydrogen-bond donors (Lipinski definition) is 1. The summed E-state index contributed by atoms with van der Waals surface area (Å²) in [7, 11) is -4.85. The first kappa shape index (κ1) is 31.5. The maximum Gasteiger partial charge on any atom is 1.00 e. The van der Waals surface area contributed by atoms with Crippen molar-refractivity contribution in [2.45, 2.75) is 89.4 Å². The van der Waals surface area contributed by atoms with Crippen LogP contribution in [0.15, 0.2) is 0 Å². The first-order valence-corrected chi connectivity index (χ1v) is 10.1. The van der Waals surface area contributed by atoms with Crippen molar-refractivity contribution < 1.29 is 91.5 Å². The average molecular weight is 411 g/mol. The first-order chi connectivity index (χ1) is 11.2. The maximum atomic E-state index is 11.9. The van der Waals surface area contributed by atoms with Gasteiger partial charge in [0.05, 0.1) is 0 Å². The zero-order chi connectivity index (χ0) is 18.6. The van der Waals surface area contributed by atoms with Crippen molar-refractivity contribution >= 4 is 22.1 Å². The molecule has 0 aromatic carbocycles. The van der Waals surface area contributed by atoms with Gasteiger partial charge >= 0.3 is 65.1 Å². The van der Waals surface area contributed by atoms with E-state index in [1.165, 1.54) is 6.42 Å². The van der Waals surface area contributed by atoms with E-state index in [0.717, 1.165) is 38.5 Å². The van der Waals surface area contributed by atoms with Gasteiger partial charge in [-0.15, -0.1) is 0 Å². The van der Waals surface area contributed by atoms with Crippen LogP contribution in [0.1, 0.15) is 78.1 Å². The second-order valence-electron chi connectivity index (χ2n) is 5.98. The van der Waals surface area contributed by atoms with Crippen molar-refractivity contribution in [1.29, 1.82) is 0 Å². The number of aliphatic carboxylic acids is 1. The van der Waals surface area contributed by atoms with Crippen LogP contribution in [0.5, 0.6) is 0 Å². The van der Waals surface area contributed by atoms with Gasteiger partial charge in [0, 0.05) is 12.4 Å². The third-order valence-corrected chi connectivity index (χ3v) is 4.83. The van der Waals surface area contributed by atoms with E-state index < -0.39 is 39.8 Å². The standard InChI is InChI=1S/C16H30O7S.2Na/c1-3-5-6-7-8-9-11-13(10-4-2)23-16(19)14(12-15(17)18)24(20,21)22;;/h13-14H,3-12H2,1-2H3,(H,17,18)(H,20,21,22);;/q;2*+1/p-1. The van der Waals surface area contributed by atoms with Gasteiger partial charge in [0.1, 0.15) is 6.10 Å². The molecular weight excluding hydrogens is 382 g/mol. The number of carbonyl (C=O) groups is 2. The Labute approximate surface area is 201 Å². The molecule has 142 valence electrons. The summed E-state index contributed by atoms with van der Waals surface area (Å²) in [5.74, 6) is -2.97. The Kier molecular flexibility index (Phi) is 21.7. The van der Waals surface area contributed by atoms with Gasteiger partial charge in [0.15, 0.2) is 5.25 Å². The molecule has 10 heteroatoms. The summed E-state index contributed by atoms with van der Waals surface area (Å²) >= 11 is 0.